The maximum Gasteiger partial charge on any atom is 0.223 e. The molecule has 2 atom stereocenters. The molecule has 8 heteroatoms. The molecule has 0 saturated heterocycles. The first kappa shape index (κ1) is 20.3. The van der Waals surface area contributed by atoms with Gasteiger partial charge in [0, 0.05) is 13.3 Å². The molecule has 1 aliphatic rings. The lowest BCUT2D eigenvalue weighted by Gasteiger charge is -2.09. The Morgan fingerprint density at radius 3 is 2.69 bits per heavy atom. The van der Waals surface area contributed by atoms with Crippen LogP contribution in [0.15, 0.2) is 46.2 Å². The van der Waals surface area contributed by atoms with Gasteiger partial charge in [0.05, 0.1) is 12.7 Å². The molecule has 148 valence electrons. The highest BCUT2D eigenvalue weighted by Crippen LogP contribution is 2.55. The molecule has 7 nitrogen and oxygen atoms in total. The van der Waals surface area contributed by atoms with E-state index in [2.05, 4.69) is 33.0 Å². The van der Waals surface area contributed by atoms with Gasteiger partial charge < -0.3 is 9.47 Å². The summed E-state index contributed by atoms with van der Waals surface area (Å²) >= 11 is 0. The van der Waals surface area contributed by atoms with Crippen molar-refractivity contribution in [3.63, 3.8) is 0 Å². The van der Waals surface area contributed by atoms with Gasteiger partial charge in [0.15, 0.2) is 5.69 Å². The lowest BCUT2D eigenvalue weighted by atomic mass is 10.0. The number of nitriles is 1. The van der Waals surface area contributed by atoms with Crippen molar-refractivity contribution in [2.45, 2.75) is 18.3 Å². The fourth-order valence-corrected chi connectivity index (χ4v) is 3.22. The molecule has 0 N–H and O–H groups in total. The predicted molar refractivity (Wildman–Crippen MR) is 107 cm³/mol. The minimum absolute atomic E-state index is 0.101. The zero-order valence-corrected chi connectivity index (χ0v) is 16.2. The molecule has 1 heterocycles. The number of aliphatic imine (C=N–C) groups is 2. The van der Waals surface area contributed by atoms with Crippen molar-refractivity contribution < 1.29 is 13.9 Å². The Bertz CT molecular complexity index is 995. The molecule has 3 rings (SSSR count). The molecule has 0 spiro atoms. The van der Waals surface area contributed by atoms with E-state index in [1.54, 1.807) is 18.2 Å². The first-order valence-corrected chi connectivity index (χ1v) is 8.90. The van der Waals surface area contributed by atoms with Gasteiger partial charge in [0.2, 0.25) is 5.88 Å². The summed E-state index contributed by atoms with van der Waals surface area (Å²) in [4.78, 5) is 8.02. The molecule has 1 aromatic heterocycles. The van der Waals surface area contributed by atoms with Crippen LogP contribution in [0, 0.1) is 17.1 Å². The molecule has 2 unspecified atom stereocenters. The van der Waals surface area contributed by atoms with Crippen LogP contribution in [0.1, 0.15) is 40.8 Å². The van der Waals surface area contributed by atoms with Crippen molar-refractivity contribution in [2.24, 2.45) is 9.98 Å². The minimum Gasteiger partial charge on any atom is -0.480 e. The second-order valence-electron chi connectivity index (χ2n) is 6.46. The van der Waals surface area contributed by atoms with E-state index in [1.165, 1.54) is 32.6 Å². The molecule has 0 amide bonds. The van der Waals surface area contributed by atoms with Crippen molar-refractivity contribution in [2.75, 3.05) is 21.0 Å². The topological polar surface area (TPSA) is 92.8 Å². The third kappa shape index (κ3) is 4.52. The summed E-state index contributed by atoms with van der Waals surface area (Å²) in [7, 11) is 3.00. The van der Waals surface area contributed by atoms with Crippen LogP contribution in [0.2, 0.25) is 0 Å². The lowest BCUT2D eigenvalue weighted by molar-refractivity contribution is 0.209. The van der Waals surface area contributed by atoms with Gasteiger partial charge in [-0.05, 0) is 54.3 Å². The van der Waals surface area contributed by atoms with Gasteiger partial charge in [0.25, 0.3) is 0 Å². The number of benzene rings is 1. The van der Waals surface area contributed by atoms with Gasteiger partial charge in [-0.3, -0.25) is 4.99 Å². The fraction of sp³-hybridized carbons (Fsp3) is 0.286. The Balaban J connectivity index is 1.98. The molecule has 1 saturated carbocycles. The van der Waals surface area contributed by atoms with Crippen LogP contribution < -0.4 is 0 Å². The molecule has 29 heavy (non-hydrogen) atoms. The first-order chi connectivity index (χ1) is 14.1. The number of aromatic nitrogens is 2. The number of halogens is 1. The summed E-state index contributed by atoms with van der Waals surface area (Å²) in [6, 6.07) is 10.3. The van der Waals surface area contributed by atoms with Gasteiger partial charge in [0.1, 0.15) is 24.3 Å². The Kier molecular flexibility index (Phi) is 6.42. The fourth-order valence-electron chi connectivity index (χ4n) is 3.22. The average molecular weight is 393 g/mol. The number of nitrogens with zero attached hydrogens (tertiary/aromatic N) is 5. The first-order valence-electron chi connectivity index (χ1n) is 8.90. The smallest absolute Gasteiger partial charge is 0.223 e. The van der Waals surface area contributed by atoms with E-state index in [-0.39, 0.29) is 36.0 Å². The molecule has 0 aliphatic heterocycles. The third-order valence-electron chi connectivity index (χ3n) is 4.68. The second kappa shape index (κ2) is 9.17. The van der Waals surface area contributed by atoms with Crippen LogP contribution in [0.25, 0.3) is 5.57 Å². The standard InChI is InChI=1S/C21H20FN5O2/c1-24-21(29-3)18(11-25-12-28-2)19-9-17(20(10-23)27-26-19)16-8-15(16)13-4-6-14(22)7-5-13/h4-7,9,11,15-16H,1,8,12H2,2-3H3/b21-18-,25-11?. The highest BCUT2D eigenvalue weighted by atomic mass is 19.1. The van der Waals surface area contributed by atoms with Crippen LogP contribution in [-0.4, -0.2) is 44.1 Å². The minimum atomic E-state index is -0.273. The Labute approximate surface area is 168 Å². The van der Waals surface area contributed by atoms with Crippen molar-refractivity contribution in [3.8, 4) is 6.07 Å². The number of methoxy groups -OCH3 is 2. The maximum atomic E-state index is 13.2. The monoisotopic (exact) mass is 393 g/mol. The molecular weight excluding hydrogens is 373 g/mol. The van der Waals surface area contributed by atoms with Crippen molar-refractivity contribution in [1.82, 2.24) is 10.2 Å². The normalized spacial score (nSPS) is 18.8. The summed E-state index contributed by atoms with van der Waals surface area (Å²) in [5.74, 6) is 0.268. The second-order valence-corrected chi connectivity index (χ2v) is 6.46. The highest BCUT2D eigenvalue weighted by molar-refractivity contribution is 6.09. The van der Waals surface area contributed by atoms with Gasteiger partial charge in [-0.25, -0.2) is 9.38 Å². The number of allylic oxidation sites excluding steroid dienone is 1. The van der Waals surface area contributed by atoms with Crippen molar-refractivity contribution in [1.29, 1.82) is 5.26 Å². The Hall–Kier alpha value is -3.44. The van der Waals surface area contributed by atoms with Gasteiger partial charge in [-0.15, -0.1) is 10.2 Å². The van der Waals surface area contributed by atoms with E-state index >= 15 is 0 Å². The SMILES string of the molecule is C=N/C(OC)=C(\C=NCOC)c1cc(C2CC2c2ccc(F)cc2)c(C#N)nn1. The van der Waals surface area contributed by atoms with E-state index in [1.807, 2.05) is 0 Å². The van der Waals surface area contributed by atoms with E-state index in [0.717, 1.165) is 17.5 Å². The van der Waals surface area contributed by atoms with Gasteiger partial charge >= 0.3 is 0 Å². The molecule has 1 aliphatic carbocycles. The van der Waals surface area contributed by atoms with E-state index in [9.17, 15) is 9.65 Å². The summed E-state index contributed by atoms with van der Waals surface area (Å²) in [5.41, 5.74) is 3.03. The zero-order valence-electron chi connectivity index (χ0n) is 16.2. The van der Waals surface area contributed by atoms with E-state index in [0.29, 0.717) is 11.3 Å². The van der Waals surface area contributed by atoms with Crippen LogP contribution in [0.3, 0.4) is 0 Å². The summed E-state index contributed by atoms with van der Waals surface area (Å²) in [6.07, 6.45) is 2.38. The lowest BCUT2D eigenvalue weighted by Crippen LogP contribution is -2.04. The Morgan fingerprint density at radius 2 is 2.07 bits per heavy atom. The number of ether oxygens (including phenoxy) is 2. The van der Waals surface area contributed by atoms with Crippen molar-refractivity contribution in [3.05, 3.63) is 64.5 Å². The molecule has 1 aromatic carbocycles. The summed E-state index contributed by atoms with van der Waals surface area (Å²) in [5, 5.41) is 17.7. The Morgan fingerprint density at radius 1 is 1.31 bits per heavy atom. The molecular formula is C21H20FN5O2. The quantitative estimate of drug-likeness (QED) is 0.506. The van der Waals surface area contributed by atoms with E-state index < -0.39 is 0 Å². The highest BCUT2D eigenvalue weighted by Gasteiger charge is 2.41. The van der Waals surface area contributed by atoms with Gasteiger partial charge in [-0.2, -0.15) is 5.26 Å². The summed E-state index contributed by atoms with van der Waals surface area (Å²) < 4.78 is 23.4. The molecule has 1 fully saturated rings. The predicted octanol–water partition coefficient (Wildman–Crippen LogP) is 3.45. The van der Waals surface area contributed by atoms with Crippen LogP contribution in [0.5, 0.6) is 0 Å². The van der Waals surface area contributed by atoms with Crippen molar-refractivity contribution >= 4 is 18.5 Å². The summed E-state index contributed by atoms with van der Waals surface area (Å²) in [6.45, 7) is 3.67. The van der Waals surface area contributed by atoms with Crippen LogP contribution >= 0.6 is 0 Å². The van der Waals surface area contributed by atoms with Crippen LogP contribution in [0.4, 0.5) is 4.39 Å². The van der Waals surface area contributed by atoms with Gasteiger partial charge in [-0.1, -0.05) is 12.1 Å². The largest absolute Gasteiger partial charge is 0.480 e. The maximum absolute atomic E-state index is 13.2. The van der Waals surface area contributed by atoms with Crippen LogP contribution in [-0.2, 0) is 9.47 Å². The molecule has 0 bridgehead atoms. The third-order valence-corrected chi connectivity index (χ3v) is 4.68. The number of rotatable bonds is 8. The average Bonchev–Trinajstić information content (AvgIpc) is 3.54. The molecule has 0 radical (unpaired) electrons. The molecule has 2 aromatic rings. The number of hydrogen-bond donors (Lipinski definition) is 0. The number of hydrogen-bond acceptors (Lipinski definition) is 7. The van der Waals surface area contributed by atoms with E-state index in [4.69, 9.17) is 9.47 Å². The zero-order chi connectivity index (χ0) is 20.8.